The third-order valence-electron chi connectivity index (χ3n) is 2.34. The molecule has 0 saturated heterocycles. The van der Waals surface area contributed by atoms with Crippen LogP contribution in [0.3, 0.4) is 0 Å². The molecule has 2 atom stereocenters. The van der Waals surface area contributed by atoms with E-state index in [1.165, 1.54) is 0 Å². The van der Waals surface area contributed by atoms with Gasteiger partial charge in [-0.15, -0.1) is 0 Å². The van der Waals surface area contributed by atoms with Crippen LogP contribution >= 0.6 is 0 Å². The Morgan fingerprint density at radius 3 is 1.93 bits per heavy atom. The first-order chi connectivity index (χ1) is 7.26. The molecular weight excluding hydrogens is 192 g/mol. The standard InChI is InChI=1S/C12H26O3/c1-4-7-9-14-11(6-3)12(13)15-10-8-5-2/h11-13H,4-10H2,1-3H3. The van der Waals surface area contributed by atoms with Gasteiger partial charge in [0.05, 0.1) is 0 Å². The molecule has 0 aromatic carbocycles. The lowest BCUT2D eigenvalue weighted by atomic mass is 10.2. The Morgan fingerprint density at radius 1 is 0.933 bits per heavy atom. The van der Waals surface area contributed by atoms with E-state index in [4.69, 9.17) is 9.47 Å². The van der Waals surface area contributed by atoms with Gasteiger partial charge in [0, 0.05) is 13.2 Å². The molecule has 0 aliphatic heterocycles. The monoisotopic (exact) mass is 218 g/mol. The van der Waals surface area contributed by atoms with Gasteiger partial charge in [-0.2, -0.15) is 0 Å². The Hall–Kier alpha value is -0.120. The third-order valence-corrected chi connectivity index (χ3v) is 2.34. The molecule has 3 heteroatoms. The summed E-state index contributed by atoms with van der Waals surface area (Å²) in [6.45, 7) is 7.56. The number of ether oxygens (including phenoxy) is 2. The molecule has 0 aliphatic carbocycles. The summed E-state index contributed by atoms with van der Waals surface area (Å²) >= 11 is 0. The molecule has 0 saturated carbocycles. The summed E-state index contributed by atoms with van der Waals surface area (Å²) in [5.41, 5.74) is 0. The van der Waals surface area contributed by atoms with Gasteiger partial charge in [-0.25, -0.2) is 0 Å². The molecular formula is C12H26O3. The van der Waals surface area contributed by atoms with Gasteiger partial charge < -0.3 is 14.6 Å². The Morgan fingerprint density at radius 2 is 1.47 bits per heavy atom. The van der Waals surface area contributed by atoms with Crippen molar-refractivity contribution >= 4 is 0 Å². The van der Waals surface area contributed by atoms with Crippen LogP contribution in [0.1, 0.15) is 52.9 Å². The first-order valence-electron chi connectivity index (χ1n) is 6.17. The lowest BCUT2D eigenvalue weighted by Gasteiger charge is -2.22. The van der Waals surface area contributed by atoms with Crippen LogP contribution in [0.15, 0.2) is 0 Å². The van der Waals surface area contributed by atoms with Crippen LogP contribution < -0.4 is 0 Å². The highest BCUT2D eigenvalue weighted by molar-refractivity contribution is 4.58. The van der Waals surface area contributed by atoms with Crippen LogP contribution in [0.5, 0.6) is 0 Å². The molecule has 0 heterocycles. The maximum atomic E-state index is 9.69. The van der Waals surface area contributed by atoms with Crippen molar-refractivity contribution in [2.24, 2.45) is 0 Å². The van der Waals surface area contributed by atoms with Gasteiger partial charge in [0.25, 0.3) is 0 Å². The van der Waals surface area contributed by atoms with E-state index in [1.54, 1.807) is 0 Å². The molecule has 0 bridgehead atoms. The smallest absolute Gasteiger partial charge is 0.181 e. The number of aliphatic hydroxyl groups excluding tert-OH is 1. The fraction of sp³-hybridized carbons (Fsp3) is 1.00. The SMILES string of the molecule is CCCCOC(O)C(CC)OCCCC. The van der Waals surface area contributed by atoms with Crippen molar-refractivity contribution in [1.29, 1.82) is 0 Å². The van der Waals surface area contributed by atoms with Crippen LogP contribution in [-0.4, -0.2) is 30.7 Å². The van der Waals surface area contributed by atoms with Crippen molar-refractivity contribution < 1.29 is 14.6 Å². The second kappa shape index (κ2) is 10.4. The quantitative estimate of drug-likeness (QED) is 0.452. The molecule has 0 aliphatic rings. The summed E-state index contributed by atoms with van der Waals surface area (Å²) in [7, 11) is 0. The first kappa shape index (κ1) is 14.9. The molecule has 0 aromatic rings. The highest BCUT2D eigenvalue weighted by atomic mass is 16.6. The molecule has 1 N–H and O–H groups in total. The zero-order chi connectivity index (χ0) is 11.5. The molecule has 0 amide bonds. The number of hydrogen-bond donors (Lipinski definition) is 1. The average molecular weight is 218 g/mol. The zero-order valence-corrected chi connectivity index (χ0v) is 10.4. The number of hydrogen-bond acceptors (Lipinski definition) is 3. The van der Waals surface area contributed by atoms with Crippen LogP contribution in [0, 0.1) is 0 Å². The van der Waals surface area contributed by atoms with Crippen LogP contribution in [0.4, 0.5) is 0 Å². The Bertz CT molecular complexity index is 128. The summed E-state index contributed by atoms with van der Waals surface area (Å²) in [5, 5.41) is 9.69. The van der Waals surface area contributed by atoms with Gasteiger partial charge in [-0.1, -0.05) is 33.6 Å². The van der Waals surface area contributed by atoms with Crippen molar-refractivity contribution in [3.05, 3.63) is 0 Å². The fourth-order valence-corrected chi connectivity index (χ4v) is 1.24. The van der Waals surface area contributed by atoms with Crippen LogP contribution in [0.25, 0.3) is 0 Å². The topological polar surface area (TPSA) is 38.7 Å². The highest BCUT2D eigenvalue weighted by Gasteiger charge is 2.17. The molecule has 92 valence electrons. The molecule has 0 spiro atoms. The minimum atomic E-state index is -0.765. The second-order valence-electron chi connectivity index (χ2n) is 3.79. The van der Waals surface area contributed by atoms with Crippen molar-refractivity contribution in [1.82, 2.24) is 0 Å². The van der Waals surface area contributed by atoms with Crippen molar-refractivity contribution in [3.63, 3.8) is 0 Å². The van der Waals surface area contributed by atoms with Gasteiger partial charge in [0.15, 0.2) is 6.29 Å². The van der Waals surface area contributed by atoms with E-state index in [-0.39, 0.29) is 6.10 Å². The molecule has 3 nitrogen and oxygen atoms in total. The lowest BCUT2D eigenvalue weighted by molar-refractivity contribution is -0.179. The Kier molecular flexibility index (Phi) is 10.3. The Labute approximate surface area is 93.8 Å². The van der Waals surface area contributed by atoms with E-state index >= 15 is 0 Å². The van der Waals surface area contributed by atoms with Gasteiger partial charge in [0.1, 0.15) is 6.10 Å². The summed E-state index contributed by atoms with van der Waals surface area (Å²) in [6.07, 6.45) is 4.08. The van der Waals surface area contributed by atoms with E-state index in [2.05, 4.69) is 13.8 Å². The van der Waals surface area contributed by atoms with E-state index in [1.807, 2.05) is 6.92 Å². The summed E-state index contributed by atoms with van der Waals surface area (Å²) in [4.78, 5) is 0. The molecule has 0 rings (SSSR count). The highest BCUT2D eigenvalue weighted by Crippen LogP contribution is 2.08. The van der Waals surface area contributed by atoms with Gasteiger partial charge >= 0.3 is 0 Å². The van der Waals surface area contributed by atoms with Gasteiger partial charge in [0.2, 0.25) is 0 Å². The largest absolute Gasteiger partial charge is 0.373 e. The van der Waals surface area contributed by atoms with Crippen molar-refractivity contribution in [3.8, 4) is 0 Å². The van der Waals surface area contributed by atoms with E-state index < -0.39 is 6.29 Å². The summed E-state index contributed by atoms with van der Waals surface area (Å²) < 4.78 is 10.8. The van der Waals surface area contributed by atoms with E-state index in [0.29, 0.717) is 13.2 Å². The minimum absolute atomic E-state index is 0.173. The van der Waals surface area contributed by atoms with Gasteiger partial charge in [-0.05, 0) is 19.3 Å². The van der Waals surface area contributed by atoms with Gasteiger partial charge in [-0.3, -0.25) is 0 Å². The minimum Gasteiger partial charge on any atom is -0.373 e. The number of unbranched alkanes of at least 4 members (excludes halogenated alkanes) is 2. The predicted molar refractivity (Wildman–Crippen MR) is 61.8 cm³/mol. The van der Waals surface area contributed by atoms with E-state index in [0.717, 1.165) is 32.1 Å². The lowest BCUT2D eigenvalue weighted by Crippen LogP contribution is -2.31. The normalized spacial score (nSPS) is 15.2. The molecule has 15 heavy (non-hydrogen) atoms. The predicted octanol–water partition coefficient (Wildman–Crippen LogP) is 2.72. The zero-order valence-electron chi connectivity index (χ0n) is 10.4. The van der Waals surface area contributed by atoms with Crippen molar-refractivity contribution in [2.75, 3.05) is 13.2 Å². The number of aliphatic hydroxyl groups is 1. The molecule has 2 unspecified atom stereocenters. The fourth-order valence-electron chi connectivity index (χ4n) is 1.24. The summed E-state index contributed by atoms with van der Waals surface area (Å²) in [6, 6.07) is 0. The van der Waals surface area contributed by atoms with Crippen LogP contribution in [-0.2, 0) is 9.47 Å². The molecule has 0 fully saturated rings. The summed E-state index contributed by atoms with van der Waals surface area (Å²) in [5.74, 6) is 0. The maximum absolute atomic E-state index is 9.69. The average Bonchev–Trinajstić information content (AvgIpc) is 2.24. The molecule has 0 aromatic heterocycles. The Balaban J connectivity index is 3.62. The van der Waals surface area contributed by atoms with E-state index in [9.17, 15) is 5.11 Å². The first-order valence-corrected chi connectivity index (χ1v) is 6.17. The second-order valence-corrected chi connectivity index (χ2v) is 3.79. The van der Waals surface area contributed by atoms with Crippen LogP contribution in [0.2, 0.25) is 0 Å². The van der Waals surface area contributed by atoms with Crippen molar-refractivity contribution in [2.45, 2.75) is 65.3 Å². The maximum Gasteiger partial charge on any atom is 0.181 e. The number of rotatable bonds is 10. The third kappa shape index (κ3) is 7.77. The molecule has 0 radical (unpaired) electrons.